The predicted octanol–water partition coefficient (Wildman–Crippen LogP) is 4.04. The van der Waals surface area contributed by atoms with Gasteiger partial charge in [0.2, 0.25) is 10.0 Å². The minimum absolute atomic E-state index is 0.00990. The maximum Gasteiger partial charge on any atom is 0.387 e. The van der Waals surface area contributed by atoms with E-state index >= 15 is 0 Å². The van der Waals surface area contributed by atoms with Crippen molar-refractivity contribution in [3.8, 4) is 5.75 Å². The molecule has 1 amide bonds. The summed E-state index contributed by atoms with van der Waals surface area (Å²) in [6, 6.07) is 8.33. The Balaban J connectivity index is 1.95. The zero-order valence-electron chi connectivity index (χ0n) is 16.9. The number of benzene rings is 2. The number of hydrogen-bond acceptors (Lipinski definition) is 5. The summed E-state index contributed by atoms with van der Waals surface area (Å²) in [5.74, 6) is -0.761. The van der Waals surface area contributed by atoms with Crippen molar-refractivity contribution in [1.29, 1.82) is 0 Å². The van der Waals surface area contributed by atoms with Crippen molar-refractivity contribution in [3.05, 3.63) is 47.0 Å². The number of alkyl halides is 2. The standard InChI is InChI=1S/C20H22ClF2N3O4S/c1-25(2)31(28,29)14-6-7-17(26-9-3-4-10-26)15(12-14)19(27)24-13-5-8-18(16(21)11-13)30-20(22)23/h5-8,11-12,20H,3-4,9-10H2,1-2H3,(H,24,27). The van der Waals surface area contributed by atoms with Gasteiger partial charge in [0, 0.05) is 38.6 Å². The van der Waals surface area contributed by atoms with Gasteiger partial charge in [0.1, 0.15) is 5.75 Å². The lowest BCUT2D eigenvalue weighted by Crippen LogP contribution is -2.25. The molecule has 2 aromatic rings. The van der Waals surface area contributed by atoms with Crippen LogP contribution in [-0.2, 0) is 10.0 Å². The fraction of sp³-hybridized carbons (Fsp3) is 0.350. The van der Waals surface area contributed by atoms with E-state index in [1.165, 1.54) is 44.4 Å². The highest BCUT2D eigenvalue weighted by Crippen LogP contribution is 2.31. The smallest absolute Gasteiger partial charge is 0.387 e. The molecule has 0 unspecified atom stereocenters. The largest absolute Gasteiger partial charge is 0.433 e. The molecule has 1 N–H and O–H groups in total. The Hall–Kier alpha value is -2.43. The summed E-state index contributed by atoms with van der Waals surface area (Å²) >= 11 is 5.96. The quantitative estimate of drug-likeness (QED) is 0.656. The van der Waals surface area contributed by atoms with Crippen LogP contribution < -0.4 is 15.0 Å². The first kappa shape index (κ1) is 23.2. The van der Waals surface area contributed by atoms with Gasteiger partial charge in [0.25, 0.3) is 5.91 Å². The number of ether oxygens (including phenoxy) is 1. The third-order valence-electron chi connectivity index (χ3n) is 4.84. The summed E-state index contributed by atoms with van der Waals surface area (Å²) in [5, 5.41) is 2.55. The molecule has 0 atom stereocenters. The summed E-state index contributed by atoms with van der Waals surface area (Å²) < 4.78 is 55.3. The molecule has 1 aliphatic rings. The molecular weight excluding hydrogens is 452 g/mol. The van der Waals surface area contributed by atoms with Gasteiger partial charge in [-0.05, 0) is 49.2 Å². The number of halogens is 3. The third-order valence-corrected chi connectivity index (χ3v) is 6.95. The van der Waals surface area contributed by atoms with Gasteiger partial charge in [-0.1, -0.05) is 11.6 Å². The molecule has 1 heterocycles. The van der Waals surface area contributed by atoms with Gasteiger partial charge >= 0.3 is 6.61 Å². The van der Waals surface area contributed by atoms with Gasteiger partial charge in [0.15, 0.2) is 0 Å². The van der Waals surface area contributed by atoms with Crippen LogP contribution in [-0.4, -0.2) is 52.4 Å². The zero-order chi connectivity index (χ0) is 22.8. The van der Waals surface area contributed by atoms with Crippen LogP contribution in [0.25, 0.3) is 0 Å². The van der Waals surface area contributed by atoms with E-state index in [4.69, 9.17) is 11.6 Å². The molecule has 3 rings (SSSR count). The number of carbonyl (C=O) groups excluding carboxylic acids is 1. The number of amides is 1. The van der Waals surface area contributed by atoms with E-state index in [0.29, 0.717) is 5.69 Å². The van der Waals surface area contributed by atoms with E-state index in [1.54, 1.807) is 6.07 Å². The average molecular weight is 474 g/mol. The second-order valence-electron chi connectivity index (χ2n) is 7.14. The minimum Gasteiger partial charge on any atom is -0.433 e. The molecule has 2 aromatic carbocycles. The summed E-state index contributed by atoms with van der Waals surface area (Å²) in [6.45, 7) is -1.51. The number of anilines is 2. The highest BCUT2D eigenvalue weighted by Gasteiger charge is 2.25. The predicted molar refractivity (Wildman–Crippen MR) is 115 cm³/mol. The van der Waals surface area contributed by atoms with Gasteiger partial charge in [-0.2, -0.15) is 8.78 Å². The van der Waals surface area contributed by atoms with Crippen LogP contribution >= 0.6 is 11.6 Å². The molecule has 1 saturated heterocycles. The zero-order valence-corrected chi connectivity index (χ0v) is 18.5. The van der Waals surface area contributed by atoms with Gasteiger partial charge in [-0.3, -0.25) is 4.79 Å². The lowest BCUT2D eigenvalue weighted by molar-refractivity contribution is -0.0497. The van der Waals surface area contributed by atoms with Crippen molar-refractivity contribution in [2.45, 2.75) is 24.3 Å². The number of nitrogens with zero attached hydrogens (tertiary/aromatic N) is 2. The van der Waals surface area contributed by atoms with Crippen LogP contribution in [0.2, 0.25) is 5.02 Å². The number of carbonyl (C=O) groups is 1. The molecular formula is C20H22ClF2N3O4S. The molecule has 0 radical (unpaired) electrons. The molecule has 0 spiro atoms. The van der Waals surface area contributed by atoms with Crippen molar-refractivity contribution >= 4 is 38.9 Å². The van der Waals surface area contributed by atoms with Crippen LogP contribution in [0.4, 0.5) is 20.2 Å². The highest BCUT2D eigenvalue weighted by atomic mass is 35.5. The minimum atomic E-state index is -3.74. The fourth-order valence-corrected chi connectivity index (χ4v) is 4.42. The van der Waals surface area contributed by atoms with Crippen LogP contribution in [0.5, 0.6) is 5.75 Å². The number of hydrogen-bond donors (Lipinski definition) is 1. The first-order valence-electron chi connectivity index (χ1n) is 9.47. The molecule has 0 saturated carbocycles. The van der Waals surface area contributed by atoms with Crippen molar-refractivity contribution in [2.75, 3.05) is 37.4 Å². The molecule has 168 valence electrons. The maximum absolute atomic E-state index is 13.1. The van der Waals surface area contributed by atoms with Crippen LogP contribution in [0.3, 0.4) is 0 Å². The fourth-order valence-electron chi connectivity index (χ4n) is 3.27. The Labute approximate surface area is 184 Å². The van der Waals surface area contributed by atoms with Gasteiger partial charge in [-0.25, -0.2) is 12.7 Å². The second kappa shape index (κ2) is 9.37. The molecule has 1 fully saturated rings. The Bertz CT molecular complexity index is 1070. The first-order chi connectivity index (χ1) is 14.6. The van der Waals surface area contributed by atoms with Crippen molar-refractivity contribution in [1.82, 2.24) is 4.31 Å². The maximum atomic E-state index is 13.1. The topological polar surface area (TPSA) is 79.0 Å². The Kier molecular flexibility index (Phi) is 7.03. The lowest BCUT2D eigenvalue weighted by atomic mass is 10.1. The van der Waals surface area contributed by atoms with Gasteiger partial charge in [0.05, 0.1) is 15.5 Å². The normalized spacial score (nSPS) is 14.4. The summed E-state index contributed by atoms with van der Waals surface area (Å²) in [7, 11) is -0.921. The van der Waals surface area contributed by atoms with Gasteiger partial charge < -0.3 is 15.0 Å². The van der Waals surface area contributed by atoms with E-state index in [2.05, 4.69) is 10.1 Å². The highest BCUT2D eigenvalue weighted by molar-refractivity contribution is 7.89. The molecule has 0 aromatic heterocycles. The first-order valence-corrected chi connectivity index (χ1v) is 11.3. The van der Waals surface area contributed by atoms with Crippen molar-refractivity contribution < 1.29 is 26.7 Å². The molecule has 11 heteroatoms. The average Bonchev–Trinajstić information content (AvgIpc) is 3.23. The van der Waals surface area contributed by atoms with Crippen LogP contribution in [0, 0.1) is 0 Å². The van der Waals surface area contributed by atoms with Crippen LogP contribution in [0.1, 0.15) is 23.2 Å². The van der Waals surface area contributed by atoms with E-state index < -0.39 is 22.5 Å². The second-order valence-corrected chi connectivity index (χ2v) is 9.70. The Morgan fingerprint density at radius 2 is 1.84 bits per heavy atom. The van der Waals surface area contributed by atoms with Crippen LogP contribution in [0.15, 0.2) is 41.3 Å². The molecule has 7 nitrogen and oxygen atoms in total. The third kappa shape index (κ3) is 5.25. The lowest BCUT2D eigenvalue weighted by Gasteiger charge is -2.22. The Morgan fingerprint density at radius 3 is 2.42 bits per heavy atom. The SMILES string of the molecule is CN(C)S(=O)(=O)c1ccc(N2CCCC2)c(C(=O)Nc2ccc(OC(F)F)c(Cl)c2)c1. The summed E-state index contributed by atoms with van der Waals surface area (Å²) in [4.78, 5) is 15.1. The molecule has 0 bridgehead atoms. The van der Waals surface area contributed by atoms with E-state index in [9.17, 15) is 22.0 Å². The summed E-state index contributed by atoms with van der Waals surface area (Å²) in [5.41, 5.74) is 1.06. The number of nitrogens with one attached hydrogen (secondary N) is 1. The number of sulfonamides is 1. The van der Waals surface area contributed by atoms with E-state index in [-0.39, 0.29) is 26.9 Å². The van der Waals surface area contributed by atoms with Crippen molar-refractivity contribution in [2.24, 2.45) is 0 Å². The Morgan fingerprint density at radius 1 is 1.16 bits per heavy atom. The van der Waals surface area contributed by atoms with Crippen molar-refractivity contribution in [3.63, 3.8) is 0 Å². The van der Waals surface area contributed by atoms with E-state index in [0.717, 1.165) is 30.2 Å². The van der Waals surface area contributed by atoms with Gasteiger partial charge in [-0.15, -0.1) is 0 Å². The summed E-state index contributed by atoms with van der Waals surface area (Å²) in [6.07, 6.45) is 1.94. The molecule has 0 aliphatic carbocycles. The van der Waals surface area contributed by atoms with E-state index in [1.807, 2.05) is 4.90 Å². The number of rotatable bonds is 7. The monoisotopic (exact) mass is 473 g/mol. The molecule has 31 heavy (non-hydrogen) atoms. The molecule has 1 aliphatic heterocycles.